The first-order valence-corrected chi connectivity index (χ1v) is 13.4. The molecule has 0 fully saturated rings. The first kappa shape index (κ1) is 27.1. The Kier molecular flexibility index (Phi) is 11.0. The standard InChI is InChI=1S/C24H32OS3.C2H6/c1-17(26)28-27-16-19-13-20(23(2,3)4)22(21(14-19)24(5,6)7)25-15-18-11-9-8-10-12-18;1-2/h8-14H,15-16H2,1-7H3;1-2H3. The van der Waals surface area contributed by atoms with E-state index in [0.717, 1.165) is 15.7 Å². The molecule has 2 aromatic carbocycles. The summed E-state index contributed by atoms with van der Waals surface area (Å²) in [7, 11) is 3.49. The molecule has 0 spiro atoms. The van der Waals surface area contributed by atoms with E-state index in [0.29, 0.717) is 6.61 Å². The lowest BCUT2D eigenvalue weighted by Crippen LogP contribution is -2.20. The topological polar surface area (TPSA) is 9.23 Å². The molecule has 0 saturated heterocycles. The van der Waals surface area contributed by atoms with Crippen molar-refractivity contribution < 1.29 is 4.74 Å². The molecule has 4 heteroatoms. The smallest absolute Gasteiger partial charge is 0.127 e. The molecule has 0 bridgehead atoms. The van der Waals surface area contributed by atoms with Crippen LogP contribution >= 0.6 is 33.8 Å². The van der Waals surface area contributed by atoms with Gasteiger partial charge in [0.25, 0.3) is 0 Å². The summed E-state index contributed by atoms with van der Waals surface area (Å²) >= 11 is 5.20. The third-order valence-corrected chi connectivity index (χ3v) is 7.22. The number of benzene rings is 2. The van der Waals surface area contributed by atoms with Gasteiger partial charge in [0, 0.05) is 16.9 Å². The molecule has 2 rings (SSSR count). The summed E-state index contributed by atoms with van der Waals surface area (Å²) in [6, 6.07) is 15.0. The highest BCUT2D eigenvalue weighted by Gasteiger charge is 2.28. The van der Waals surface area contributed by atoms with Gasteiger partial charge in [-0.3, -0.25) is 0 Å². The monoisotopic (exact) mass is 462 g/mol. The molecule has 0 aliphatic heterocycles. The Bertz CT molecular complexity index is 764. The zero-order chi connectivity index (χ0) is 22.9. The van der Waals surface area contributed by atoms with Gasteiger partial charge < -0.3 is 4.74 Å². The Morgan fingerprint density at radius 1 is 0.867 bits per heavy atom. The summed E-state index contributed by atoms with van der Waals surface area (Å²) in [4.78, 5) is 0. The maximum Gasteiger partial charge on any atom is 0.127 e. The van der Waals surface area contributed by atoms with Crippen LogP contribution in [0.5, 0.6) is 5.75 Å². The Balaban J connectivity index is 0.00000218. The minimum atomic E-state index is -0.000101. The van der Waals surface area contributed by atoms with Crippen LogP contribution in [0.3, 0.4) is 0 Å². The summed E-state index contributed by atoms with van der Waals surface area (Å²) in [6.07, 6.45) is 0. The zero-order valence-corrected chi connectivity index (χ0v) is 22.5. The average molecular weight is 463 g/mol. The fourth-order valence-corrected chi connectivity index (χ4v) is 5.00. The molecule has 0 unspecified atom stereocenters. The molecule has 30 heavy (non-hydrogen) atoms. The lowest BCUT2D eigenvalue weighted by Gasteiger charge is -2.30. The third-order valence-electron chi connectivity index (χ3n) is 4.39. The highest BCUT2D eigenvalue weighted by molar-refractivity contribution is 8.83. The Morgan fingerprint density at radius 2 is 1.37 bits per heavy atom. The maximum atomic E-state index is 6.47. The second kappa shape index (κ2) is 12.2. The molecule has 1 nitrogen and oxygen atoms in total. The van der Waals surface area contributed by atoms with Gasteiger partial charge in [-0.05, 0) is 28.9 Å². The summed E-state index contributed by atoms with van der Waals surface area (Å²) in [5, 5.41) is 0. The van der Waals surface area contributed by atoms with Gasteiger partial charge >= 0.3 is 0 Å². The van der Waals surface area contributed by atoms with Gasteiger partial charge in [-0.15, -0.1) is 0 Å². The Hall–Kier alpha value is -0.970. The fourth-order valence-electron chi connectivity index (χ4n) is 2.95. The molecular weight excluding hydrogens is 424 g/mol. The highest BCUT2D eigenvalue weighted by atomic mass is 33.1. The van der Waals surface area contributed by atoms with Crippen LogP contribution in [0.1, 0.15) is 84.6 Å². The van der Waals surface area contributed by atoms with Crippen LogP contribution in [-0.2, 0) is 23.2 Å². The van der Waals surface area contributed by atoms with E-state index < -0.39 is 0 Å². The number of ether oxygens (including phenoxy) is 1. The second-order valence-corrected chi connectivity index (χ2v) is 12.5. The molecule has 0 radical (unpaired) electrons. The van der Waals surface area contributed by atoms with Crippen molar-refractivity contribution in [2.24, 2.45) is 0 Å². The van der Waals surface area contributed by atoms with Crippen molar-refractivity contribution >= 4 is 38.0 Å². The van der Waals surface area contributed by atoms with E-state index in [1.54, 1.807) is 21.6 Å². The summed E-state index contributed by atoms with van der Waals surface area (Å²) < 4.78 is 7.44. The summed E-state index contributed by atoms with van der Waals surface area (Å²) in [6.45, 7) is 20.1. The van der Waals surface area contributed by atoms with Crippen LogP contribution in [0.25, 0.3) is 0 Å². The van der Waals surface area contributed by atoms with E-state index in [-0.39, 0.29) is 10.8 Å². The molecule has 2 aromatic rings. The SMILES string of the molecule is CC.CC(=S)SSCc1cc(C(C)(C)C)c(OCc2ccccc2)c(C(C)(C)C)c1. The highest BCUT2D eigenvalue weighted by Crippen LogP contribution is 2.42. The van der Waals surface area contributed by atoms with E-state index >= 15 is 0 Å². The first-order chi connectivity index (χ1) is 14.0. The molecule has 0 amide bonds. The van der Waals surface area contributed by atoms with E-state index in [4.69, 9.17) is 17.0 Å². The molecule has 0 aliphatic rings. The van der Waals surface area contributed by atoms with Gasteiger partial charge in [-0.1, -0.05) is 132 Å². The summed E-state index contributed by atoms with van der Waals surface area (Å²) in [5.74, 6) is 1.97. The third kappa shape index (κ3) is 8.64. The van der Waals surface area contributed by atoms with Crippen molar-refractivity contribution in [2.75, 3.05) is 0 Å². The predicted molar refractivity (Wildman–Crippen MR) is 143 cm³/mol. The quantitative estimate of drug-likeness (QED) is 0.312. The van der Waals surface area contributed by atoms with Gasteiger partial charge in [-0.25, -0.2) is 0 Å². The van der Waals surface area contributed by atoms with E-state index in [1.807, 2.05) is 26.8 Å². The number of hydrogen-bond donors (Lipinski definition) is 0. The van der Waals surface area contributed by atoms with Crippen LogP contribution in [0.4, 0.5) is 0 Å². The number of hydrogen-bond acceptors (Lipinski definition) is 4. The van der Waals surface area contributed by atoms with Crippen LogP contribution in [0.15, 0.2) is 42.5 Å². The molecule has 0 aromatic heterocycles. The van der Waals surface area contributed by atoms with E-state index in [2.05, 4.69) is 77.9 Å². The van der Waals surface area contributed by atoms with E-state index in [1.165, 1.54) is 22.3 Å². The van der Waals surface area contributed by atoms with Gasteiger partial charge in [-0.2, -0.15) is 0 Å². The molecule has 0 saturated carbocycles. The normalized spacial score (nSPS) is 11.5. The predicted octanol–water partition coefficient (Wildman–Crippen LogP) is 9.12. The van der Waals surface area contributed by atoms with Crippen LogP contribution in [0, 0.1) is 0 Å². The summed E-state index contributed by atoms with van der Waals surface area (Å²) in [5.41, 5.74) is 5.07. The van der Waals surface area contributed by atoms with Gasteiger partial charge in [0.2, 0.25) is 0 Å². The Labute approximate surface area is 198 Å². The van der Waals surface area contributed by atoms with Gasteiger partial charge in [0.05, 0.1) is 4.20 Å². The number of thiocarbonyl (C=S) groups is 1. The molecular formula is C26H38OS3. The lowest BCUT2D eigenvalue weighted by atomic mass is 9.78. The van der Waals surface area contributed by atoms with Crippen molar-refractivity contribution in [3.8, 4) is 5.75 Å². The minimum absolute atomic E-state index is 0.000101. The maximum absolute atomic E-state index is 6.47. The van der Waals surface area contributed by atoms with Crippen LogP contribution < -0.4 is 4.74 Å². The largest absolute Gasteiger partial charge is 0.488 e. The average Bonchev–Trinajstić information content (AvgIpc) is 2.67. The molecule has 166 valence electrons. The minimum Gasteiger partial charge on any atom is -0.488 e. The zero-order valence-electron chi connectivity index (χ0n) is 20.1. The molecule has 0 heterocycles. The van der Waals surface area contributed by atoms with Crippen LogP contribution in [0.2, 0.25) is 0 Å². The van der Waals surface area contributed by atoms with Crippen molar-refractivity contribution in [1.82, 2.24) is 0 Å². The fraction of sp³-hybridized carbons (Fsp3) is 0.500. The van der Waals surface area contributed by atoms with Gasteiger partial charge in [0.15, 0.2) is 0 Å². The van der Waals surface area contributed by atoms with Crippen molar-refractivity contribution in [3.63, 3.8) is 0 Å². The van der Waals surface area contributed by atoms with Crippen molar-refractivity contribution in [1.29, 1.82) is 0 Å². The second-order valence-electron chi connectivity index (χ2n) is 9.13. The first-order valence-electron chi connectivity index (χ1n) is 10.6. The molecule has 0 N–H and O–H groups in total. The van der Waals surface area contributed by atoms with E-state index in [9.17, 15) is 0 Å². The Morgan fingerprint density at radius 3 is 1.80 bits per heavy atom. The van der Waals surface area contributed by atoms with Crippen LogP contribution in [-0.4, -0.2) is 4.20 Å². The molecule has 0 atom stereocenters. The lowest BCUT2D eigenvalue weighted by molar-refractivity contribution is 0.289. The van der Waals surface area contributed by atoms with Crippen molar-refractivity contribution in [3.05, 3.63) is 64.7 Å². The van der Waals surface area contributed by atoms with Crippen molar-refractivity contribution in [2.45, 2.75) is 85.5 Å². The number of rotatable bonds is 6. The van der Waals surface area contributed by atoms with Gasteiger partial charge in [0.1, 0.15) is 12.4 Å². The molecule has 0 aliphatic carbocycles.